The van der Waals surface area contributed by atoms with Crippen LogP contribution in [0, 0.1) is 18.8 Å². The molecular formula is C20H26N4O. The highest BCUT2D eigenvalue weighted by atomic mass is 16.2. The summed E-state index contributed by atoms with van der Waals surface area (Å²) >= 11 is 0. The van der Waals surface area contributed by atoms with Gasteiger partial charge in [0.05, 0.1) is 6.04 Å². The standard InChI is InChI=1S/C20H26N4O/c1-13(2)24-14(3)9-18(22-24)20(25)23-12-16-10-21-11-17(16)19(23)15-7-5-4-6-8-15/h4-9,13,16-17,19,21H,10-12H2,1-3H3/t16-,17-,19+/m0/s1. The number of nitrogens with one attached hydrogen (secondary N) is 1. The Morgan fingerprint density at radius 2 is 2.00 bits per heavy atom. The van der Waals surface area contributed by atoms with Crippen LogP contribution in [-0.4, -0.2) is 40.2 Å². The van der Waals surface area contributed by atoms with Crippen molar-refractivity contribution in [2.45, 2.75) is 32.9 Å². The Labute approximate surface area is 149 Å². The van der Waals surface area contributed by atoms with Crippen LogP contribution in [0.1, 0.15) is 47.7 Å². The number of rotatable bonds is 3. The van der Waals surface area contributed by atoms with E-state index in [9.17, 15) is 4.79 Å². The molecule has 0 unspecified atom stereocenters. The van der Waals surface area contributed by atoms with E-state index in [4.69, 9.17) is 0 Å². The molecule has 5 heteroatoms. The maximum absolute atomic E-state index is 13.3. The fraction of sp³-hybridized carbons (Fsp3) is 0.500. The number of amides is 1. The predicted molar refractivity (Wildman–Crippen MR) is 97.4 cm³/mol. The minimum Gasteiger partial charge on any atom is -0.330 e. The second-order valence-corrected chi connectivity index (χ2v) is 7.60. The molecule has 2 saturated heterocycles. The maximum Gasteiger partial charge on any atom is 0.274 e. The van der Waals surface area contributed by atoms with E-state index in [-0.39, 0.29) is 18.0 Å². The zero-order valence-electron chi connectivity index (χ0n) is 15.1. The third kappa shape index (κ3) is 2.76. The number of benzene rings is 1. The van der Waals surface area contributed by atoms with Crippen LogP contribution in [0.25, 0.3) is 0 Å². The summed E-state index contributed by atoms with van der Waals surface area (Å²) in [7, 11) is 0. The Hall–Kier alpha value is -2.14. The predicted octanol–water partition coefficient (Wildman–Crippen LogP) is 2.81. The molecule has 5 nitrogen and oxygen atoms in total. The molecule has 1 N–H and O–H groups in total. The molecule has 0 spiro atoms. The lowest BCUT2D eigenvalue weighted by Gasteiger charge is -2.28. The molecule has 0 bridgehead atoms. The molecular weight excluding hydrogens is 312 g/mol. The van der Waals surface area contributed by atoms with Crippen LogP contribution in [0.2, 0.25) is 0 Å². The number of nitrogens with zero attached hydrogens (tertiary/aromatic N) is 3. The molecule has 4 rings (SSSR count). The molecule has 2 aliphatic rings. The molecule has 0 aliphatic carbocycles. The summed E-state index contributed by atoms with van der Waals surface area (Å²) in [6.07, 6.45) is 0. The van der Waals surface area contributed by atoms with E-state index in [2.05, 4.69) is 53.4 Å². The van der Waals surface area contributed by atoms with E-state index in [1.165, 1.54) is 5.56 Å². The second kappa shape index (κ2) is 6.30. The van der Waals surface area contributed by atoms with Gasteiger partial charge in [-0.15, -0.1) is 0 Å². The molecule has 2 fully saturated rings. The number of fused-ring (bicyclic) bond motifs is 1. The quantitative estimate of drug-likeness (QED) is 0.936. The molecule has 3 atom stereocenters. The second-order valence-electron chi connectivity index (χ2n) is 7.60. The van der Waals surface area contributed by atoms with Gasteiger partial charge in [0.15, 0.2) is 5.69 Å². The third-order valence-corrected chi connectivity index (χ3v) is 5.60. The molecule has 0 radical (unpaired) electrons. The third-order valence-electron chi connectivity index (χ3n) is 5.60. The van der Waals surface area contributed by atoms with E-state index >= 15 is 0 Å². The molecule has 1 aromatic heterocycles. The highest BCUT2D eigenvalue weighted by Gasteiger charge is 2.47. The van der Waals surface area contributed by atoms with Crippen LogP contribution >= 0.6 is 0 Å². The monoisotopic (exact) mass is 338 g/mol. The molecule has 0 saturated carbocycles. The van der Waals surface area contributed by atoms with Crippen LogP contribution in [0.15, 0.2) is 36.4 Å². The van der Waals surface area contributed by atoms with Crippen LogP contribution in [0.3, 0.4) is 0 Å². The number of hydrogen-bond acceptors (Lipinski definition) is 3. The van der Waals surface area contributed by atoms with Crippen molar-refractivity contribution in [3.8, 4) is 0 Å². The fourth-order valence-corrected chi connectivity index (χ4v) is 4.47. The number of carbonyl (C=O) groups is 1. The largest absolute Gasteiger partial charge is 0.330 e. The lowest BCUT2D eigenvalue weighted by atomic mass is 9.89. The summed E-state index contributed by atoms with van der Waals surface area (Å²) < 4.78 is 1.93. The first-order valence-electron chi connectivity index (χ1n) is 9.19. The zero-order chi connectivity index (χ0) is 17.6. The minimum absolute atomic E-state index is 0.0609. The normalized spacial score (nSPS) is 25.6. The Bertz CT molecular complexity index is 767. The molecule has 25 heavy (non-hydrogen) atoms. The summed E-state index contributed by atoms with van der Waals surface area (Å²) in [5, 5.41) is 8.08. The first kappa shape index (κ1) is 16.3. The summed E-state index contributed by atoms with van der Waals surface area (Å²) in [5.74, 6) is 1.08. The summed E-state index contributed by atoms with van der Waals surface area (Å²) in [4.78, 5) is 15.3. The Morgan fingerprint density at radius 3 is 2.68 bits per heavy atom. The summed E-state index contributed by atoms with van der Waals surface area (Å²) in [6.45, 7) is 8.98. The summed E-state index contributed by atoms with van der Waals surface area (Å²) in [6, 6.07) is 12.8. The van der Waals surface area contributed by atoms with E-state index < -0.39 is 0 Å². The number of likely N-dealkylation sites (tertiary alicyclic amines) is 1. The molecule has 1 amide bonds. The van der Waals surface area contributed by atoms with Crippen molar-refractivity contribution in [1.82, 2.24) is 20.0 Å². The van der Waals surface area contributed by atoms with Crippen molar-refractivity contribution in [2.24, 2.45) is 11.8 Å². The maximum atomic E-state index is 13.3. The zero-order valence-corrected chi connectivity index (χ0v) is 15.1. The fourth-order valence-electron chi connectivity index (χ4n) is 4.47. The number of carbonyl (C=O) groups excluding carboxylic acids is 1. The van der Waals surface area contributed by atoms with E-state index in [1.54, 1.807) is 0 Å². The van der Waals surface area contributed by atoms with Crippen LogP contribution in [0.4, 0.5) is 0 Å². The number of aromatic nitrogens is 2. The first-order valence-corrected chi connectivity index (χ1v) is 9.19. The SMILES string of the molecule is Cc1cc(C(=O)N2C[C@@H]3CNC[C@@H]3[C@H]2c2ccccc2)nn1C(C)C. The van der Waals surface area contributed by atoms with Gasteiger partial charge in [-0.05, 0) is 38.3 Å². The van der Waals surface area contributed by atoms with Crippen LogP contribution < -0.4 is 5.32 Å². The molecule has 2 aliphatic heterocycles. The lowest BCUT2D eigenvalue weighted by Crippen LogP contribution is -2.35. The Balaban J connectivity index is 1.68. The minimum atomic E-state index is 0.0609. The van der Waals surface area contributed by atoms with Crippen molar-refractivity contribution >= 4 is 5.91 Å². The first-order chi connectivity index (χ1) is 12.1. The Morgan fingerprint density at radius 1 is 1.24 bits per heavy atom. The average Bonchev–Trinajstić information content (AvgIpc) is 3.28. The van der Waals surface area contributed by atoms with Gasteiger partial charge in [-0.2, -0.15) is 5.10 Å². The highest BCUT2D eigenvalue weighted by molar-refractivity contribution is 5.93. The van der Waals surface area contributed by atoms with Gasteiger partial charge in [0, 0.05) is 37.3 Å². The van der Waals surface area contributed by atoms with Crippen molar-refractivity contribution < 1.29 is 4.79 Å². The van der Waals surface area contributed by atoms with Crippen molar-refractivity contribution in [3.63, 3.8) is 0 Å². The highest BCUT2D eigenvalue weighted by Crippen LogP contribution is 2.43. The topological polar surface area (TPSA) is 50.2 Å². The van der Waals surface area contributed by atoms with Gasteiger partial charge in [-0.1, -0.05) is 30.3 Å². The van der Waals surface area contributed by atoms with Gasteiger partial charge in [-0.25, -0.2) is 0 Å². The van der Waals surface area contributed by atoms with E-state index in [1.807, 2.05) is 23.7 Å². The number of aryl methyl sites for hydroxylation is 1. The van der Waals surface area contributed by atoms with E-state index in [0.29, 0.717) is 17.5 Å². The van der Waals surface area contributed by atoms with Gasteiger partial charge >= 0.3 is 0 Å². The molecule has 3 heterocycles. The van der Waals surface area contributed by atoms with Gasteiger partial charge in [0.25, 0.3) is 5.91 Å². The van der Waals surface area contributed by atoms with Gasteiger partial charge in [0.1, 0.15) is 0 Å². The summed E-state index contributed by atoms with van der Waals surface area (Å²) in [5.41, 5.74) is 2.84. The molecule has 1 aromatic carbocycles. The van der Waals surface area contributed by atoms with Crippen molar-refractivity contribution in [2.75, 3.05) is 19.6 Å². The van der Waals surface area contributed by atoms with Crippen molar-refractivity contribution in [3.05, 3.63) is 53.3 Å². The van der Waals surface area contributed by atoms with Gasteiger partial charge in [0.2, 0.25) is 0 Å². The smallest absolute Gasteiger partial charge is 0.274 e. The molecule has 2 aromatic rings. The average molecular weight is 338 g/mol. The van der Waals surface area contributed by atoms with Crippen LogP contribution in [-0.2, 0) is 0 Å². The van der Waals surface area contributed by atoms with Crippen molar-refractivity contribution in [1.29, 1.82) is 0 Å². The lowest BCUT2D eigenvalue weighted by molar-refractivity contribution is 0.0707. The molecule has 132 valence electrons. The Kier molecular flexibility index (Phi) is 4.12. The van der Waals surface area contributed by atoms with Gasteiger partial charge < -0.3 is 10.2 Å². The van der Waals surface area contributed by atoms with Crippen LogP contribution in [0.5, 0.6) is 0 Å². The number of hydrogen-bond donors (Lipinski definition) is 1. The van der Waals surface area contributed by atoms with E-state index in [0.717, 1.165) is 25.3 Å². The van der Waals surface area contributed by atoms with Gasteiger partial charge in [-0.3, -0.25) is 9.48 Å².